The molecule has 0 saturated carbocycles. The lowest BCUT2D eigenvalue weighted by molar-refractivity contribution is 0.245. The van der Waals surface area contributed by atoms with E-state index in [2.05, 4.69) is 48.6 Å². The van der Waals surface area contributed by atoms with Crippen LogP contribution in [-0.4, -0.2) is 23.1 Å². The molecule has 1 atom stereocenters. The summed E-state index contributed by atoms with van der Waals surface area (Å²) in [6, 6.07) is 14.3. The number of halogens is 1. The maximum Gasteiger partial charge on any atom is 0.123 e. The number of hydrogen-bond donors (Lipinski definition) is 0. The highest BCUT2D eigenvalue weighted by atomic mass is 19.1. The minimum absolute atomic E-state index is 0.148. The highest BCUT2D eigenvalue weighted by molar-refractivity contribution is 5.87. The summed E-state index contributed by atoms with van der Waals surface area (Å²) in [6.45, 7) is 6.51. The molecule has 0 spiro atoms. The smallest absolute Gasteiger partial charge is 0.123 e. The topological polar surface area (TPSA) is 8.17 Å². The summed E-state index contributed by atoms with van der Waals surface area (Å²) >= 11 is 0. The summed E-state index contributed by atoms with van der Waals surface area (Å²) in [7, 11) is 2.22. The van der Waals surface area contributed by atoms with Crippen molar-refractivity contribution in [3.63, 3.8) is 0 Å². The molecular formula is C23H27FN2. The van der Waals surface area contributed by atoms with E-state index in [0.717, 1.165) is 37.9 Å². The lowest BCUT2D eigenvalue weighted by atomic mass is 9.96. The Morgan fingerprint density at radius 1 is 1.12 bits per heavy atom. The van der Waals surface area contributed by atoms with E-state index < -0.39 is 0 Å². The summed E-state index contributed by atoms with van der Waals surface area (Å²) in [5, 5.41) is 1.40. The van der Waals surface area contributed by atoms with Gasteiger partial charge in [-0.1, -0.05) is 25.1 Å². The van der Waals surface area contributed by atoms with Crippen LogP contribution in [0.3, 0.4) is 0 Å². The van der Waals surface area contributed by atoms with Crippen LogP contribution in [0.5, 0.6) is 0 Å². The Labute approximate surface area is 155 Å². The normalized spacial score (nSPS) is 17.6. The average molecular weight is 350 g/mol. The Morgan fingerprint density at radius 2 is 1.96 bits per heavy atom. The van der Waals surface area contributed by atoms with Gasteiger partial charge in [-0.2, -0.15) is 0 Å². The van der Waals surface area contributed by atoms with Crippen LogP contribution in [0.4, 0.5) is 4.39 Å². The fourth-order valence-electron chi connectivity index (χ4n) is 4.32. The second kappa shape index (κ2) is 6.88. The van der Waals surface area contributed by atoms with Gasteiger partial charge in [0, 0.05) is 42.1 Å². The summed E-state index contributed by atoms with van der Waals surface area (Å²) < 4.78 is 16.0. The predicted octanol–water partition coefficient (Wildman–Crippen LogP) is 5.13. The van der Waals surface area contributed by atoms with Crippen LogP contribution in [0, 0.1) is 5.82 Å². The van der Waals surface area contributed by atoms with Crippen LogP contribution >= 0.6 is 0 Å². The van der Waals surface area contributed by atoms with Gasteiger partial charge >= 0.3 is 0 Å². The first-order valence-corrected chi connectivity index (χ1v) is 9.67. The van der Waals surface area contributed by atoms with Crippen molar-refractivity contribution in [2.75, 3.05) is 13.6 Å². The largest absolute Gasteiger partial charge is 0.344 e. The van der Waals surface area contributed by atoms with Gasteiger partial charge in [-0.25, -0.2) is 4.39 Å². The third-order valence-corrected chi connectivity index (χ3v) is 5.98. The number of hydrogen-bond acceptors (Lipinski definition) is 1. The Balaban J connectivity index is 1.78. The standard InChI is InChI=1S/C23H27FN2/c1-4-17-8-9-21-20(15-17)23-16(2)25(3)12-11-22(23)26(21)13-10-18-6-5-7-19(24)14-18/h5-9,14-16H,4,10-13H2,1-3H3. The first-order valence-electron chi connectivity index (χ1n) is 9.67. The van der Waals surface area contributed by atoms with Gasteiger partial charge in [0.1, 0.15) is 5.82 Å². The van der Waals surface area contributed by atoms with Crippen molar-refractivity contribution in [3.8, 4) is 0 Å². The Hall–Kier alpha value is -2.13. The molecule has 2 nitrogen and oxygen atoms in total. The van der Waals surface area contributed by atoms with E-state index in [4.69, 9.17) is 0 Å². The molecule has 1 unspecified atom stereocenters. The number of rotatable bonds is 4. The molecule has 0 amide bonds. The van der Waals surface area contributed by atoms with Crippen molar-refractivity contribution in [1.29, 1.82) is 0 Å². The number of aromatic nitrogens is 1. The molecule has 136 valence electrons. The van der Waals surface area contributed by atoms with Crippen LogP contribution in [0.2, 0.25) is 0 Å². The lowest BCUT2D eigenvalue weighted by Crippen LogP contribution is -2.31. The molecule has 0 fully saturated rings. The number of nitrogens with zero attached hydrogens (tertiary/aromatic N) is 2. The van der Waals surface area contributed by atoms with E-state index in [1.165, 1.54) is 33.8 Å². The van der Waals surface area contributed by atoms with Crippen molar-refractivity contribution in [3.05, 3.63) is 70.7 Å². The Morgan fingerprint density at radius 3 is 2.73 bits per heavy atom. The summed E-state index contributed by atoms with van der Waals surface area (Å²) in [6.07, 6.45) is 2.99. The van der Waals surface area contributed by atoms with E-state index in [9.17, 15) is 4.39 Å². The van der Waals surface area contributed by atoms with Gasteiger partial charge in [-0.15, -0.1) is 0 Å². The molecule has 4 rings (SSSR count). The zero-order valence-electron chi connectivity index (χ0n) is 15.9. The maximum absolute atomic E-state index is 13.5. The highest BCUT2D eigenvalue weighted by Crippen LogP contribution is 2.37. The second-order valence-electron chi connectivity index (χ2n) is 7.50. The van der Waals surface area contributed by atoms with Gasteiger partial charge in [-0.3, -0.25) is 4.90 Å². The molecule has 0 aliphatic carbocycles. The molecule has 0 radical (unpaired) electrons. The number of benzene rings is 2. The summed E-state index contributed by atoms with van der Waals surface area (Å²) in [4.78, 5) is 2.44. The van der Waals surface area contributed by atoms with Crippen LogP contribution in [0.15, 0.2) is 42.5 Å². The van der Waals surface area contributed by atoms with E-state index >= 15 is 0 Å². The van der Waals surface area contributed by atoms with Crippen LogP contribution in [-0.2, 0) is 25.8 Å². The van der Waals surface area contributed by atoms with Crippen molar-refractivity contribution in [1.82, 2.24) is 9.47 Å². The van der Waals surface area contributed by atoms with Gasteiger partial charge in [0.15, 0.2) is 0 Å². The maximum atomic E-state index is 13.5. The Kier molecular flexibility index (Phi) is 4.58. The van der Waals surface area contributed by atoms with Gasteiger partial charge in [-0.05, 0) is 67.8 Å². The number of likely N-dealkylation sites (N-methyl/N-ethyl adjacent to an activating group) is 1. The molecule has 3 aromatic rings. The van der Waals surface area contributed by atoms with E-state index in [1.54, 1.807) is 12.1 Å². The summed E-state index contributed by atoms with van der Waals surface area (Å²) in [5.41, 5.74) is 6.74. The van der Waals surface area contributed by atoms with Crippen LogP contribution in [0.25, 0.3) is 10.9 Å². The van der Waals surface area contributed by atoms with Crippen molar-refractivity contribution in [2.45, 2.75) is 45.7 Å². The monoisotopic (exact) mass is 350 g/mol. The molecule has 0 N–H and O–H groups in total. The predicted molar refractivity (Wildman–Crippen MR) is 106 cm³/mol. The first kappa shape index (κ1) is 17.3. The molecular weight excluding hydrogens is 323 g/mol. The average Bonchev–Trinajstić information content (AvgIpc) is 2.96. The first-order chi connectivity index (χ1) is 12.6. The molecule has 26 heavy (non-hydrogen) atoms. The quantitative estimate of drug-likeness (QED) is 0.633. The van der Waals surface area contributed by atoms with Gasteiger partial charge in [0.05, 0.1) is 0 Å². The fourth-order valence-corrected chi connectivity index (χ4v) is 4.32. The fraction of sp³-hybridized carbons (Fsp3) is 0.391. The molecule has 3 heteroatoms. The minimum Gasteiger partial charge on any atom is -0.344 e. The Bertz CT molecular complexity index is 941. The summed E-state index contributed by atoms with van der Waals surface area (Å²) in [5.74, 6) is -0.148. The number of fused-ring (bicyclic) bond motifs is 3. The van der Waals surface area contributed by atoms with Crippen molar-refractivity contribution < 1.29 is 4.39 Å². The third-order valence-electron chi connectivity index (χ3n) is 5.98. The molecule has 1 aromatic heterocycles. The van der Waals surface area contributed by atoms with Gasteiger partial charge < -0.3 is 4.57 Å². The number of aryl methyl sites for hydroxylation is 3. The molecule has 0 bridgehead atoms. The molecule has 2 heterocycles. The van der Waals surface area contributed by atoms with Crippen LogP contribution in [0.1, 0.15) is 42.3 Å². The van der Waals surface area contributed by atoms with E-state index in [1.807, 2.05) is 6.07 Å². The molecule has 1 aliphatic rings. The van der Waals surface area contributed by atoms with Crippen molar-refractivity contribution in [2.24, 2.45) is 0 Å². The third kappa shape index (κ3) is 2.95. The second-order valence-corrected chi connectivity index (χ2v) is 7.50. The van der Waals surface area contributed by atoms with Gasteiger partial charge in [0.25, 0.3) is 0 Å². The molecule has 0 saturated heterocycles. The minimum atomic E-state index is -0.148. The van der Waals surface area contributed by atoms with Crippen molar-refractivity contribution >= 4 is 10.9 Å². The highest BCUT2D eigenvalue weighted by Gasteiger charge is 2.27. The zero-order valence-corrected chi connectivity index (χ0v) is 15.9. The molecule has 1 aliphatic heterocycles. The lowest BCUT2D eigenvalue weighted by Gasteiger charge is -2.31. The van der Waals surface area contributed by atoms with Crippen LogP contribution < -0.4 is 0 Å². The van der Waals surface area contributed by atoms with E-state index in [-0.39, 0.29) is 5.82 Å². The van der Waals surface area contributed by atoms with Gasteiger partial charge in [0.2, 0.25) is 0 Å². The zero-order chi connectivity index (χ0) is 18.3. The molecule has 2 aromatic carbocycles. The SMILES string of the molecule is CCc1ccc2c(c1)c1c(n2CCc2cccc(F)c2)CCN(C)C1C. The van der Waals surface area contributed by atoms with E-state index in [0.29, 0.717) is 6.04 Å².